The first-order valence-electron chi connectivity index (χ1n) is 7.54. The van der Waals surface area contributed by atoms with Crippen molar-refractivity contribution in [1.82, 2.24) is 9.62 Å². The van der Waals surface area contributed by atoms with Crippen molar-refractivity contribution in [3.8, 4) is 5.75 Å². The number of hydrogen-bond donors (Lipinski definition) is 1. The molecule has 0 amide bonds. The van der Waals surface area contributed by atoms with Gasteiger partial charge in [-0.25, -0.2) is 8.42 Å². The third-order valence-corrected chi connectivity index (χ3v) is 6.22. The van der Waals surface area contributed by atoms with Gasteiger partial charge >= 0.3 is 0 Å². The van der Waals surface area contributed by atoms with Gasteiger partial charge < -0.3 is 14.8 Å². The minimum atomic E-state index is -3.40. The Bertz CT molecular complexity index is 596. The Balaban J connectivity index is 0.00000192. The molecule has 130 valence electrons. The Labute approximate surface area is 143 Å². The van der Waals surface area contributed by atoms with Gasteiger partial charge in [0.15, 0.2) is 0 Å². The van der Waals surface area contributed by atoms with Gasteiger partial charge in [-0.2, -0.15) is 4.31 Å². The highest BCUT2D eigenvalue weighted by atomic mass is 35.5. The van der Waals surface area contributed by atoms with E-state index in [4.69, 9.17) is 9.47 Å². The molecule has 0 spiro atoms. The molecule has 1 N–H and O–H groups in total. The molecule has 2 fully saturated rings. The predicted octanol–water partition coefficient (Wildman–Crippen LogP) is 0.974. The predicted molar refractivity (Wildman–Crippen MR) is 89.7 cm³/mol. The third-order valence-electron chi connectivity index (χ3n) is 4.37. The molecule has 3 rings (SSSR count). The van der Waals surface area contributed by atoms with Crippen LogP contribution >= 0.6 is 12.4 Å². The van der Waals surface area contributed by atoms with Crippen LogP contribution in [0.1, 0.15) is 0 Å². The molecule has 2 aliphatic heterocycles. The molecule has 8 heteroatoms. The second-order valence-electron chi connectivity index (χ2n) is 5.81. The van der Waals surface area contributed by atoms with Crippen molar-refractivity contribution < 1.29 is 17.9 Å². The van der Waals surface area contributed by atoms with E-state index in [9.17, 15) is 8.42 Å². The van der Waals surface area contributed by atoms with Gasteiger partial charge in [-0.15, -0.1) is 12.4 Å². The number of halogens is 1. The van der Waals surface area contributed by atoms with Gasteiger partial charge in [0.2, 0.25) is 10.0 Å². The van der Waals surface area contributed by atoms with Gasteiger partial charge in [-0.1, -0.05) is 0 Å². The number of ether oxygens (including phenoxy) is 2. The standard InChI is InChI=1S/C15H22N2O4S.ClH/c1-20-6-7-21-14-2-4-15(5-3-14)22(18,19)17-10-12-8-16-9-13(12)11-17;/h2-5,12-13,16H,6-11H2,1H3;1H/t12-,13+;. The summed E-state index contributed by atoms with van der Waals surface area (Å²) in [6, 6.07) is 6.62. The quantitative estimate of drug-likeness (QED) is 0.764. The van der Waals surface area contributed by atoms with Gasteiger partial charge in [0.05, 0.1) is 11.5 Å². The number of methoxy groups -OCH3 is 1. The van der Waals surface area contributed by atoms with Crippen molar-refractivity contribution in [2.45, 2.75) is 4.90 Å². The van der Waals surface area contributed by atoms with Crippen molar-refractivity contribution in [3.63, 3.8) is 0 Å². The average molecular weight is 363 g/mol. The molecule has 0 aromatic heterocycles. The largest absolute Gasteiger partial charge is 0.491 e. The molecule has 0 unspecified atom stereocenters. The highest BCUT2D eigenvalue weighted by Gasteiger charge is 2.41. The summed E-state index contributed by atoms with van der Waals surface area (Å²) in [5.41, 5.74) is 0. The molecular formula is C15H23ClN2O4S. The van der Waals surface area contributed by atoms with E-state index in [0.29, 0.717) is 48.8 Å². The average Bonchev–Trinajstić information content (AvgIpc) is 3.09. The van der Waals surface area contributed by atoms with E-state index >= 15 is 0 Å². The number of hydrogen-bond acceptors (Lipinski definition) is 5. The first-order valence-corrected chi connectivity index (χ1v) is 8.98. The summed E-state index contributed by atoms with van der Waals surface area (Å²) >= 11 is 0. The Hall–Kier alpha value is -0.860. The first kappa shape index (κ1) is 18.5. The molecule has 0 aliphatic carbocycles. The van der Waals surface area contributed by atoms with E-state index in [0.717, 1.165) is 13.1 Å². The molecule has 2 aliphatic rings. The van der Waals surface area contributed by atoms with Crippen molar-refractivity contribution >= 4 is 22.4 Å². The summed E-state index contributed by atoms with van der Waals surface area (Å²) in [6.07, 6.45) is 0. The fourth-order valence-corrected chi connectivity index (χ4v) is 4.66. The molecule has 0 bridgehead atoms. The van der Waals surface area contributed by atoms with E-state index in [2.05, 4.69) is 5.32 Å². The normalized spacial score (nSPS) is 24.2. The zero-order chi connectivity index (χ0) is 15.6. The fraction of sp³-hybridized carbons (Fsp3) is 0.600. The molecular weight excluding hydrogens is 340 g/mol. The lowest BCUT2D eigenvalue weighted by Crippen LogP contribution is -2.31. The van der Waals surface area contributed by atoms with Crippen molar-refractivity contribution in [3.05, 3.63) is 24.3 Å². The molecule has 0 saturated carbocycles. The summed E-state index contributed by atoms with van der Waals surface area (Å²) in [4.78, 5) is 0.333. The van der Waals surface area contributed by atoms with Crippen molar-refractivity contribution in [2.24, 2.45) is 11.8 Å². The third kappa shape index (κ3) is 3.97. The topological polar surface area (TPSA) is 67.9 Å². The van der Waals surface area contributed by atoms with Crippen LogP contribution in [0.25, 0.3) is 0 Å². The summed E-state index contributed by atoms with van der Waals surface area (Å²) in [5, 5.41) is 3.32. The van der Waals surface area contributed by atoms with Crippen molar-refractivity contribution in [1.29, 1.82) is 0 Å². The lowest BCUT2D eigenvalue weighted by Gasteiger charge is -2.17. The number of benzene rings is 1. The maximum Gasteiger partial charge on any atom is 0.243 e. The van der Waals surface area contributed by atoms with Crippen LogP contribution in [0.3, 0.4) is 0 Å². The maximum absolute atomic E-state index is 12.7. The minimum absolute atomic E-state index is 0. The lowest BCUT2D eigenvalue weighted by atomic mass is 10.0. The van der Waals surface area contributed by atoms with E-state index in [1.165, 1.54) is 0 Å². The minimum Gasteiger partial charge on any atom is -0.491 e. The number of nitrogens with one attached hydrogen (secondary N) is 1. The summed E-state index contributed by atoms with van der Waals surface area (Å²) in [7, 11) is -1.79. The first-order chi connectivity index (χ1) is 10.6. The molecule has 1 aromatic rings. The molecule has 6 nitrogen and oxygen atoms in total. The molecule has 0 radical (unpaired) electrons. The molecule has 2 heterocycles. The van der Waals surface area contributed by atoms with Crippen molar-refractivity contribution in [2.75, 3.05) is 46.5 Å². The zero-order valence-corrected chi connectivity index (χ0v) is 14.7. The van der Waals surface area contributed by atoms with Gasteiger partial charge in [-0.05, 0) is 49.2 Å². The molecule has 2 saturated heterocycles. The Kier molecular flexibility index (Phi) is 6.27. The number of sulfonamides is 1. The van der Waals surface area contributed by atoms with Crippen LogP contribution in [0.4, 0.5) is 0 Å². The van der Waals surface area contributed by atoms with Gasteiger partial charge in [-0.3, -0.25) is 0 Å². The van der Waals surface area contributed by atoms with E-state index in [-0.39, 0.29) is 12.4 Å². The summed E-state index contributed by atoms with van der Waals surface area (Å²) in [6.45, 7) is 4.03. The van der Waals surface area contributed by atoms with Crippen LogP contribution in [-0.4, -0.2) is 59.2 Å². The number of rotatable bonds is 6. The van der Waals surface area contributed by atoms with E-state index < -0.39 is 10.0 Å². The van der Waals surface area contributed by atoms with Crippen LogP contribution < -0.4 is 10.1 Å². The highest BCUT2D eigenvalue weighted by molar-refractivity contribution is 7.89. The Morgan fingerprint density at radius 1 is 1.13 bits per heavy atom. The zero-order valence-electron chi connectivity index (χ0n) is 13.1. The summed E-state index contributed by atoms with van der Waals surface area (Å²) in [5.74, 6) is 1.55. The molecule has 2 atom stereocenters. The Morgan fingerprint density at radius 2 is 1.74 bits per heavy atom. The van der Waals surface area contributed by atoms with E-state index in [1.807, 2.05) is 0 Å². The maximum atomic E-state index is 12.7. The lowest BCUT2D eigenvalue weighted by molar-refractivity contribution is 0.146. The van der Waals surface area contributed by atoms with Crippen LogP contribution in [0.15, 0.2) is 29.2 Å². The van der Waals surface area contributed by atoms with Crippen LogP contribution in [-0.2, 0) is 14.8 Å². The monoisotopic (exact) mass is 362 g/mol. The number of nitrogens with zero attached hydrogens (tertiary/aromatic N) is 1. The van der Waals surface area contributed by atoms with E-state index in [1.54, 1.807) is 35.7 Å². The SMILES string of the molecule is COCCOc1ccc(S(=O)(=O)N2C[C@H]3CNC[C@H]3C2)cc1.Cl. The Morgan fingerprint density at radius 3 is 2.30 bits per heavy atom. The highest BCUT2D eigenvalue weighted by Crippen LogP contribution is 2.31. The van der Waals surface area contributed by atoms with Crippen LogP contribution in [0.5, 0.6) is 5.75 Å². The van der Waals surface area contributed by atoms with Gasteiger partial charge in [0.1, 0.15) is 12.4 Å². The second-order valence-corrected chi connectivity index (χ2v) is 7.75. The fourth-order valence-electron chi connectivity index (χ4n) is 3.11. The second kappa shape index (κ2) is 7.81. The van der Waals surface area contributed by atoms with Gasteiger partial charge in [0.25, 0.3) is 0 Å². The van der Waals surface area contributed by atoms with Gasteiger partial charge in [0, 0.05) is 20.2 Å². The molecule has 1 aromatic carbocycles. The summed E-state index contributed by atoms with van der Waals surface area (Å²) < 4.78 is 37.4. The smallest absolute Gasteiger partial charge is 0.243 e. The van der Waals surface area contributed by atoms with Crippen LogP contribution in [0, 0.1) is 11.8 Å². The van der Waals surface area contributed by atoms with Crippen LogP contribution in [0.2, 0.25) is 0 Å². The molecule has 23 heavy (non-hydrogen) atoms. The number of fused-ring (bicyclic) bond motifs is 1.